The van der Waals surface area contributed by atoms with Gasteiger partial charge in [-0.05, 0) is 56.7 Å². The Morgan fingerprint density at radius 3 is 2.40 bits per heavy atom. The van der Waals surface area contributed by atoms with Crippen molar-refractivity contribution < 1.29 is 19.0 Å². The highest BCUT2D eigenvalue weighted by Crippen LogP contribution is 2.30. The van der Waals surface area contributed by atoms with Gasteiger partial charge in [-0.1, -0.05) is 6.07 Å². The van der Waals surface area contributed by atoms with Crippen LogP contribution in [0.5, 0.6) is 11.5 Å². The zero-order chi connectivity index (χ0) is 21.7. The van der Waals surface area contributed by atoms with Gasteiger partial charge in [0.15, 0.2) is 11.5 Å². The fourth-order valence-corrected chi connectivity index (χ4v) is 3.04. The molecule has 0 aliphatic carbocycles. The molecule has 0 radical (unpaired) electrons. The van der Waals surface area contributed by atoms with Gasteiger partial charge in [0, 0.05) is 12.7 Å². The number of hydrogen-bond acceptors (Lipinski definition) is 6. The Morgan fingerprint density at radius 2 is 1.70 bits per heavy atom. The summed E-state index contributed by atoms with van der Waals surface area (Å²) in [6.45, 7) is 6.68. The van der Waals surface area contributed by atoms with Crippen LogP contribution in [-0.2, 0) is 4.74 Å². The van der Waals surface area contributed by atoms with Crippen LogP contribution in [0.2, 0.25) is 0 Å². The molecule has 0 aliphatic heterocycles. The minimum absolute atomic E-state index is 0.177. The molecule has 30 heavy (non-hydrogen) atoms. The molecule has 1 heterocycles. The number of benzene rings is 2. The average molecular weight is 409 g/mol. The minimum Gasteiger partial charge on any atom is -0.493 e. The number of rotatable bonds is 8. The molecule has 0 saturated carbocycles. The van der Waals surface area contributed by atoms with E-state index in [2.05, 4.69) is 15.3 Å². The summed E-state index contributed by atoms with van der Waals surface area (Å²) >= 11 is 0. The molecule has 1 atom stereocenters. The summed E-state index contributed by atoms with van der Waals surface area (Å²) in [6.07, 6.45) is 0. The molecule has 1 unspecified atom stereocenters. The Balaban J connectivity index is 1.75. The number of aryl methyl sites for hydroxylation is 2. The zero-order valence-electron chi connectivity index (χ0n) is 18.0. The predicted octanol–water partition coefficient (Wildman–Crippen LogP) is 3.77. The van der Waals surface area contributed by atoms with Gasteiger partial charge in [0.1, 0.15) is 6.61 Å². The zero-order valence-corrected chi connectivity index (χ0v) is 18.0. The van der Waals surface area contributed by atoms with Crippen LogP contribution in [0.1, 0.15) is 40.3 Å². The van der Waals surface area contributed by atoms with Crippen LogP contribution >= 0.6 is 0 Å². The van der Waals surface area contributed by atoms with E-state index in [0.717, 1.165) is 22.5 Å². The molecule has 3 aromatic rings. The van der Waals surface area contributed by atoms with Gasteiger partial charge < -0.3 is 19.5 Å². The van der Waals surface area contributed by atoms with Gasteiger partial charge in [-0.15, -0.1) is 0 Å². The highest BCUT2D eigenvalue weighted by molar-refractivity contribution is 5.97. The molecule has 7 heteroatoms. The molecular weight excluding hydrogens is 382 g/mol. The van der Waals surface area contributed by atoms with Crippen molar-refractivity contribution >= 4 is 16.9 Å². The monoisotopic (exact) mass is 409 g/mol. The van der Waals surface area contributed by atoms with Crippen molar-refractivity contribution in [1.82, 2.24) is 15.3 Å². The number of amides is 1. The van der Waals surface area contributed by atoms with E-state index in [9.17, 15) is 4.79 Å². The van der Waals surface area contributed by atoms with Gasteiger partial charge in [0.25, 0.3) is 5.91 Å². The van der Waals surface area contributed by atoms with Crippen LogP contribution in [0, 0.1) is 13.8 Å². The number of carbonyl (C=O) groups excluding carboxylic acids is 1. The second-order valence-electron chi connectivity index (χ2n) is 7.04. The molecule has 2 aromatic carbocycles. The minimum atomic E-state index is -0.221. The lowest BCUT2D eigenvalue weighted by atomic mass is 10.1. The van der Waals surface area contributed by atoms with Crippen molar-refractivity contribution in [2.45, 2.75) is 26.8 Å². The smallest absolute Gasteiger partial charge is 0.251 e. The molecule has 158 valence electrons. The van der Waals surface area contributed by atoms with Gasteiger partial charge >= 0.3 is 0 Å². The normalized spacial score (nSPS) is 11.9. The molecule has 1 amide bonds. The van der Waals surface area contributed by atoms with E-state index in [-0.39, 0.29) is 11.9 Å². The lowest BCUT2D eigenvalue weighted by molar-refractivity contribution is 0.0940. The van der Waals surface area contributed by atoms with Crippen LogP contribution < -0.4 is 14.8 Å². The molecular formula is C23H27N3O4. The largest absolute Gasteiger partial charge is 0.493 e. The molecule has 3 rings (SSSR count). The number of aromatic nitrogens is 2. The summed E-state index contributed by atoms with van der Waals surface area (Å²) in [5, 5.41) is 3.02. The van der Waals surface area contributed by atoms with E-state index in [1.807, 2.05) is 45.0 Å². The van der Waals surface area contributed by atoms with Gasteiger partial charge in [0.05, 0.1) is 42.2 Å². The lowest BCUT2D eigenvalue weighted by Gasteiger charge is -2.17. The fraction of sp³-hybridized carbons (Fsp3) is 0.348. The standard InChI is InChI=1S/C23H27N3O4/c1-14-15(2)25-20-12-18(6-8-19(20)24-14)23(27)26-16(3)17-7-9-21(22(13-17)29-5)30-11-10-28-4/h6-9,12-13,16H,10-11H2,1-5H3,(H,26,27). The number of fused-ring (bicyclic) bond motifs is 1. The van der Waals surface area contributed by atoms with Crippen LogP contribution in [0.15, 0.2) is 36.4 Å². The highest BCUT2D eigenvalue weighted by atomic mass is 16.5. The Bertz CT molecular complexity index is 1050. The predicted molar refractivity (Wildman–Crippen MR) is 115 cm³/mol. The highest BCUT2D eigenvalue weighted by Gasteiger charge is 2.15. The second-order valence-corrected chi connectivity index (χ2v) is 7.04. The number of nitrogens with one attached hydrogen (secondary N) is 1. The van der Waals surface area contributed by atoms with Crippen LogP contribution in [0.25, 0.3) is 11.0 Å². The number of hydrogen-bond donors (Lipinski definition) is 1. The van der Waals surface area contributed by atoms with E-state index in [4.69, 9.17) is 14.2 Å². The Kier molecular flexibility index (Phi) is 6.84. The van der Waals surface area contributed by atoms with Crippen LogP contribution in [-0.4, -0.2) is 43.3 Å². The number of nitrogens with zero attached hydrogens (tertiary/aromatic N) is 2. The maximum Gasteiger partial charge on any atom is 0.251 e. The first-order valence-corrected chi connectivity index (χ1v) is 9.78. The third-order valence-electron chi connectivity index (χ3n) is 4.92. The summed E-state index contributed by atoms with van der Waals surface area (Å²) < 4.78 is 16.1. The third kappa shape index (κ3) is 4.86. The molecule has 7 nitrogen and oxygen atoms in total. The average Bonchev–Trinajstić information content (AvgIpc) is 2.74. The van der Waals surface area contributed by atoms with Crippen LogP contribution in [0.4, 0.5) is 0 Å². The number of carbonyl (C=O) groups is 1. The number of ether oxygens (including phenoxy) is 3. The second kappa shape index (κ2) is 9.54. The molecule has 0 aliphatic rings. The van der Waals surface area contributed by atoms with Crippen molar-refractivity contribution in [3.8, 4) is 11.5 Å². The molecule has 1 N–H and O–H groups in total. The Labute approximate surface area is 176 Å². The summed E-state index contributed by atoms with van der Waals surface area (Å²) in [5.74, 6) is 1.07. The van der Waals surface area contributed by atoms with Crippen molar-refractivity contribution in [3.05, 3.63) is 58.9 Å². The van der Waals surface area contributed by atoms with Gasteiger partial charge in [-0.25, -0.2) is 9.97 Å². The number of methoxy groups -OCH3 is 2. The first-order valence-electron chi connectivity index (χ1n) is 9.78. The van der Waals surface area contributed by atoms with Gasteiger partial charge in [0.2, 0.25) is 0 Å². The van der Waals surface area contributed by atoms with Gasteiger partial charge in [-0.3, -0.25) is 4.79 Å². The molecule has 0 bridgehead atoms. The lowest BCUT2D eigenvalue weighted by Crippen LogP contribution is -2.26. The van der Waals surface area contributed by atoms with Gasteiger partial charge in [-0.2, -0.15) is 0 Å². The van der Waals surface area contributed by atoms with Crippen molar-refractivity contribution in [2.24, 2.45) is 0 Å². The third-order valence-corrected chi connectivity index (χ3v) is 4.92. The maximum absolute atomic E-state index is 12.8. The SMILES string of the molecule is COCCOc1ccc(C(C)NC(=O)c2ccc3nc(C)c(C)nc3c2)cc1OC. The van der Waals surface area contributed by atoms with E-state index >= 15 is 0 Å². The first-order chi connectivity index (χ1) is 14.4. The summed E-state index contributed by atoms with van der Waals surface area (Å²) in [4.78, 5) is 21.8. The fourth-order valence-electron chi connectivity index (χ4n) is 3.04. The van der Waals surface area contributed by atoms with E-state index in [0.29, 0.717) is 35.8 Å². The summed E-state index contributed by atoms with van der Waals surface area (Å²) in [5.41, 5.74) is 4.67. The van der Waals surface area contributed by atoms with E-state index in [1.165, 1.54) is 0 Å². The van der Waals surface area contributed by atoms with Crippen molar-refractivity contribution in [1.29, 1.82) is 0 Å². The van der Waals surface area contributed by atoms with Crippen LogP contribution in [0.3, 0.4) is 0 Å². The summed E-state index contributed by atoms with van der Waals surface area (Å²) in [7, 11) is 3.21. The quantitative estimate of drug-likeness (QED) is 0.570. The van der Waals surface area contributed by atoms with E-state index in [1.54, 1.807) is 26.4 Å². The summed E-state index contributed by atoms with van der Waals surface area (Å²) in [6, 6.07) is 10.7. The molecule has 0 saturated heterocycles. The van der Waals surface area contributed by atoms with E-state index < -0.39 is 0 Å². The molecule has 0 fully saturated rings. The molecule has 0 spiro atoms. The van der Waals surface area contributed by atoms with Crippen molar-refractivity contribution in [3.63, 3.8) is 0 Å². The Morgan fingerprint density at radius 1 is 0.967 bits per heavy atom. The van der Waals surface area contributed by atoms with Crippen molar-refractivity contribution in [2.75, 3.05) is 27.4 Å². The Hall–Kier alpha value is -3.19. The maximum atomic E-state index is 12.8. The molecule has 1 aromatic heterocycles. The topological polar surface area (TPSA) is 82.6 Å². The first kappa shape index (κ1) is 21.5.